The highest BCUT2D eigenvalue weighted by molar-refractivity contribution is 9.09. The van der Waals surface area contributed by atoms with Gasteiger partial charge in [0.25, 0.3) is 0 Å². The smallest absolute Gasteiger partial charge is 0.0870 e. The van der Waals surface area contributed by atoms with E-state index in [0.717, 1.165) is 5.33 Å². The van der Waals surface area contributed by atoms with E-state index in [1.165, 1.54) is 11.1 Å². The van der Waals surface area contributed by atoms with Crippen LogP contribution in [0.1, 0.15) is 16.4 Å². The lowest BCUT2D eigenvalue weighted by Crippen LogP contribution is -2.11. The number of aryl methyl sites for hydroxylation is 1. The topological polar surface area (TPSA) is 0 Å². The number of alkyl halides is 1. The third kappa shape index (κ3) is 3.03. The molecular formula is C11H16BrS+. The first-order valence-corrected chi connectivity index (χ1v) is 7.56. The minimum atomic E-state index is 0.442. The van der Waals surface area contributed by atoms with Gasteiger partial charge in [-0.05, 0) is 17.8 Å². The van der Waals surface area contributed by atoms with Crippen LogP contribution in [0, 0.1) is 6.92 Å². The average Bonchev–Trinajstić information content (AvgIpc) is 2.09. The molecule has 0 heterocycles. The normalized spacial score (nSPS) is 13.3. The Bertz CT molecular complexity index is 253. The van der Waals surface area contributed by atoms with Crippen LogP contribution < -0.4 is 0 Å². The Labute approximate surface area is 92.2 Å². The molecule has 0 bridgehead atoms. The maximum atomic E-state index is 3.58. The van der Waals surface area contributed by atoms with Crippen molar-refractivity contribution in [2.75, 3.05) is 17.8 Å². The Kier molecular flexibility index (Phi) is 4.33. The molecule has 0 aliphatic carbocycles. The molecule has 0 aromatic heterocycles. The largest absolute Gasteiger partial charge is 0.152 e. The Morgan fingerprint density at radius 1 is 1.23 bits per heavy atom. The molecular weight excluding hydrogens is 244 g/mol. The van der Waals surface area contributed by atoms with Crippen molar-refractivity contribution < 1.29 is 0 Å². The molecule has 0 aliphatic heterocycles. The maximum absolute atomic E-state index is 3.58. The zero-order valence-electron chi connectivity index (χ0n) is 8.38. The van der Waals surface area contributed by atoms with E-state index < -0.39 is 0 Å². The number of halogens is 1. The third-order valence-corrected chi connectivity index (χ3v) is 4.81. The van der Waals surface area contributed by atoms with Crippen molar-refractivity contribution in [3.63, 3.8) is 0 Å². The van der Waals surface area contributed by atoms with Gasteiger partial charge in [0.2, 0.25) is 0 Å². The highest BCUT2D eigenvalue weighted by Gasteiger charge is 2.21. The van der Waals surface area contributed by atoms with Gasteiger partial charge in [0, 0.05) is 5.56 Å². The second-order valence-corrected chi connectivity index (χ2v) is 6.41. The van der Waals surface area contributed by atoms with Crippen molar-refractivity contribution in [3.8, 4) is 0 Å². The van der Waals surface area contributed by atoms with Crippen molar-refractivity contribution in [3.05, 3.63) is 35.4 Å². The quantitative estimate of drug-likeness (QED) is 0.577. The summed E-state index contributed by atoms with van der Waals surface area (Å²) >= 11 is 3.58. The van der Waals surface area contributed by atoms with E-state index in [-0.39, 0.29) is 0 Å². The fourth-order valence-electron chi connectivity index (χ4n) is 1.27. The van der Waals surface area contributed by atoms with Gasteiger partial charge in [-0.3, -0.25) is 0 Å². The van der Waals surface area contributed by atoms with Crippen LogP contribution in [-0.4, -0.2) is 17.8 Å². The number of hydrogen-bond donors (Lipinski definition) is 0. The summed E-state index contributed by atoms with van der Waals surface area (Å²) in [4.78, 5) is 0. The highest BCUT2D eigenvalue weighted by atomic mass is 79.9. The summed E-state index contributed by atoms with van der Waals surface area (Å²) in [5.41, 5.74) is 2.79. The van der Waals surface area contributed by atoms with Crippen LogP contribution in [0.5, 0.6) is 0 Å². The molecule has 0 saturated heterocycles. The predicted molar refractivity (Wildman–Crippen MR) is 66.9 cm³/mol. The summed E-state index contributed by atoms with van der Waals surface area (Å²) in [5.74, 6) is 0. The van der Waals surface area contributed by atoms with E-state index >= 15 is 0 Å². The van der Waals surface area contributed by atoms with Crippen molar-refractivity contribution in [2.45, 2.75) is 12.2 Å². The fourth-order valence-corrected chi connectivity index (χ4v) is 4.18. The first-order chi connectivity index (χ1) is 6.15. The van der Waals surface area contributed by atoms with Crippen LogP contribution in [0.25, 0.3) is 0 Å². The molecule has 0 fully saturated rings. The summed E-state index contributed by atoms with van der Waals surface area (Å²) < 4.78 is 0. The van der Waals surface area contributed by atoms with Crippen LogP contribution in [0.4, 0.5) is 0 Å². The van der Waals surface area contributed by atoms with Gasteiger partial charge in [0.05, 0.1) is 17.8 Å². The van der Waals surface area contributed by atoms with Crippen molar-refractivity contribution in [2.24, 2.45) is 0 Å². The second kappa shape index (κ2) is 5.06. The molecule has 0 aliphatic rings. The number of hydrogen-bond acceptors (Lipinski definition) is 0. The lowest BCUT2D eigenvalue weighted by molar-refractivity contribution is 1.11. The Balaban J connectivity index is 2.86. The van der Waals surface area contributed by atoms with E-state index in [4.69, 9.17) is 0 Å². The molecule has 2 heteroatoms. The molecule has 1 aromatic rings. The lowest BCUT2D eigenvalue weighted by Gasteiger charge is -2.11. The van der Waals surface area contributed by atoms with Crippen molar-refractivity contribution >= 4 is 26.8 Å². The zero-order valence-corrected chi connectivity index (χ0v) is 10.8. The van der Waals surface area contributed by atoms with Crippen LogP contribution in [0.3, 0.4) is 0 Å². The monoisotopic (exact) mass is 259 g/mol. The van der Waals surface area contributed by atoms with Crippen LogP contribution in [0.2, 0.25) is 0 Å². The van der Waals surface area contributed by atoms with Gasteiger partial charge in [0.15, 0.2) is 5.25 Å². The van der Waals surface area contributed by atoms with Crippen LogP contribution in [-0.2, 0) is 10.9 Å². The highest BCUT2D eigenvalue weighted by Crippen LogP contribution is 2.24. The molecule has 0 N–H and O–H groups in total. The molecule has 1 rings (SSSR count). The van der Waals surface area contributed by atoms with E-state index in [1.807, 2.05) is 0 Å². The lowest BCUT2D eigenvalue weighted by atomic mass is 10.1. The number of rotatable bonds is 3. The van der Waals surface area contributed by atoms with Gasteiger partial charge in [-0.25, -0.2) is 0 Å². The van der Waals surface area contributed by atoms with Gasteiger partial charge in [0.1, 0.15) is 0 Å². The summed E-state index contributed by atoms with van der Waals surface area (Å²) in [6.45, 7) is 2.13. The average molecular weight is 260 g/mol. The molecule has 0 radical (unpaired) electrons. The standard InChI is InChI=1S/C11H16BrS/c1-9-4-6-10(7-5-9)11(8-12)13(2)3/h4-7,11H,8H2,1-3H3/q+1. The summed E-state index contributed by atoms with van der Waals surface area (Å²) in [7, 11) is 0.442. The molecule has 0 nitrogen and oxygen atoms in total. The molecule has 13 heavy (non-hydrogen) atoms. The molecule has 72 valence electrons. The first-order valence-electron chi connectivity index (χ1n) is 4.34. The second-order valence-electron chi connectivity index (χ2n) is 3.43. The molecule has 0 saturated carbocycles. The Morgan fingerprint density at radius 3 is 2.15 bits per heavy atom. The minimum Gasteiger partial charge on any atom is -0.0870 e. The summed E-state index contributed by atoms with van der Waals surface area (Å²) in [6, 6.07) is 8.87. The van der Waals surface area contributed by atoms with E-state index in [9.17, 15) is 0 Å². The van der Waals surface area contributed by atoms with Crippen molar-refractivity contribution in [1.82, 2.24) is 0 Å². The van der Waals surface area contributed by atoms with Gasteiger partial charge >= 0.3 is 0 Å². The predicted octanol–water partition coefficient (Wildman–Crippen LogP) is 3.31. The molecule has 0 spiro atoms. The van der Waals surface area contributed by atoms with Crippen LogP contribution in [0.15, 0.2) is 24.3 Å². The van der Waals surface area contributed by atoms with Gasteiger partial charge in [-0.1, -0.05) is 45.8 Å². The summed E-state index contributed by atoms with van der Waals surface area (Å²) in [6.07, 6.45) is 4.59. The SMILES string of the molecule is Cc1ccc(C(CBr)[S+](C)C)cc1. The number of benzene rings is 1. The minimum absolute atomic E-state index is 0.442. The van der Waals surface area contributed by atoms with Gasteiger partial charge in [-0.15, -0.1) is 0 Å². The first kappa shape index (κ1) is 11.1. The Hall–Kier alpha value is 0.0500. The van der Waals surface area contributed by atoms with Crippen molar-refractivity contribution in [1.29, 1.82) is 0 Å². The van der Waals surface area contributed by atoms with E-state index in [1.54, 1.807) is 0 Å². The van der Waals surface area contributed by atoms with Gasteiger partial charge in [-0.2, -0.15) is 0 Å². The van der Waals surface area contributed by atoms with E-state index in [2.05, 4.69) is 59.6 Å². The zero-order chi connectivity index (χ0) is 9.84. The third-order valence-electron chi connectivity index (χ3n) is 2.16. The Morgan fingerprint density at radius 2 is 1.77 bits per heavy atom. The molecule has 0 amide bonds. The summed E-state index contributed by atoms with van der Waals surface area (Å²) in [5, 5.41) is 1.73. The van der Waals surface area contributed by atoms with E-state index in [0.29, 0.717) is 16.1 Å². The maximum Gasteiger partial charge on any atom is 0.152 e. The molecule has 1 unspecified atom stereocenters. The van der Waals surface area contributed by atoms with Gasteiger partial charge < -0.3 is 0 Å². The van der Waals surface area contributed by atoms with Crippen LogP contribution >= 0.6 is 15.9 Å². The molecule has 1 atom stereocenters. The molecule has 1 aromatic carbocycles. The fraction of sp³-hybridized carbons (Fsp3) is 0.455.